The second-order valence-electron chi connectivity index (χ2n) is 7.40. The summed E-state index contributed by atoms with van der Waals surface area (Å²) in [5.41, 5.74) is 4.84. The highest BCUT2D eigenvalue weighted by molar-refractivity contribution is 4.93. The van der Waals surface area contributed by atoms with Crippen molar-refractivity contribution in [1.29, 1.82) is 0 Å². The van der Waals surface area contributed by atoms with E-state index in [9.17, 15) is 0 Å². The maximum atomic E-state index is 5.86. The molecule has 0 saturated carbocycles. The summed E-state index contributed by atoms with van der Waals surface area (Å²) < 4.78 is 34.0. The third-order valence-corrected chi connectivity index (χ3v) is 5.40. The maximum absolute atomic E-state index is 5.86. The SMILES string of the molecule is COC1(CCCNCCCOCCCCOCCCN)CCCOC1(OC)OC. The van der Waals surface area contributed by atoms with Gasteiger partial charge in [0.1, 0.15) is 5.60 Å². The van der Waals surface area contributed by atoms with Crippen molar-refractivity contribution in [3.63, 3.8) is 0 Å². The van der Waals surface area contributed by atoms with Gasteiger partial charge in [0.25, 0.3) is 0 Å². The topological polar surface area (TPSA) is 93.4 Å². The molecule has 29 heavy (non-hydrogen) atoms. The Bertz CT molecular complexity index is 384. The van der Waals surface area contributed by atoms with Crippen LogP contribution in [0, 0.1) is 0 Å². The molecule has 0 aromatic carbocycles. The van der Waals surface area contributed by atoms with Gasteiger partial charge in [0.2, 0.25) is 0 Å². The first-order valence-electron chi connectivity index (χ1n) is 11.1. The first-order chi connectivity index (χ1) is 14.2. The van der Waals surface area contributed by atoms with E-state index in [0.29, 0.717) is 13.2 Å². The van der Waals surface area contributed by atoms with Gasteiger partial charge in [-0.2, -0.15) is 0 Å². The largest absolute Gasteiger partial charge is 0.381 e. The first kappa shape index (κ1) is 26.7. The van der Waals surface area contributed by atoms with Crippen LogP contribution in [0.15, 0.2) is 0 Å². The Kier molecular flexibility index (Phi) is 15.1. The first-order valence-corrected chi connectivity index (χ1v) is 11.1. The lowest BCUT2D eigenvalue weighted by atomic mass is 9.87. The monoisotopic (exact) mass is 420 g/mol. The molecule has 1 atom stereocenters. The van der Waals surface area contributed by atoms with Crippen LogP contribution in [0.3, 0.4) is 0 Å². The molecule has 8 heteroatoms. The normalized spacial score (nSPS) is 21.5. The van der Waals surface area contributed by atoms with Crippen molar-refractivity contribution in [1.82, 2.24) is 5.32 Å². The molecule has 0 aromatic rings. The van der Waals surface area contributed by atoms with Crippen LogP contribution in [-0.4, -0.2) is 85.6 Å². The van der Waals surface area contributed by atoms with Crippen LogP contribution in [0.1, 0.15) is 51.4 Å². The van der Waals surface area contributed by atoms with E-state index in [0.717, 1.165) is 90.9 Å². The standard InChI is InChI=1S/C21H44N2O6/c1-24-20(11-7-19-29-21(20,25-2)26-3)10-6-13-23-14-9-18-28-16-5-4-15-27-17-8-12-22/h23H,4-19,22H2,1-3H3. The van der Waals surface area contributed by atoms with Gasteiger partial charge in [-0.15, -0.1) is 0 Å². The summed E-state index contributed by atoms with van der Waals surface area (Å²) in [7, 11) is 4.92. The average Bonchev–Trinajstić information content (AvgIpc) is 2.76. The van der Waals surface area contributed by atoms with E-state index in [1.54, 1.807) is 21.3 Å². The molecule has 1 rings (SSSR count). The van der Waals surface area contributed by atoms with Gasteiger partial charge < -0.3 is 39.5 Å². The number of nitrogens with two attached hydrogens (primary N) is 1. The fraction of sp³-hybridized carbons (Fsp3) is 1.00. The Morgan fingerprint density at radius 1 is 0.828 bits per heavy atom. The Morgan fingerprint density at radius 2 is 1.45 bits per heavy atom. The Hall–Kier alpha value is -0.320. The number of rotatable bonds is 19. The molecular weight excluding hydrogens is 376 g/mol. The van der Waals surface area contributed by atoms with Crippen molar-refractivity contribution in [3.05, 3.63) is 0 Å². The van der Waals surface area contributed by atoms with Crippen LogP contribution < -0.4 is 11.1 Å². The molecule has 0 aliphatic carbocycles. The Balaban J connectivity index is 2.03. The average molecular weight is 421 g/mol. The third kappa shape index (κ3) is 9.14. The summed E-state index contributed by atoms with van der Waals surface area (Å²) in [5.74, 6) is -1.12. The summed E-state index contributed by atoms with van der Waals surface area (Å²) in [6.07, 6.45) is 7.58. The quantitative estimate of drug-likeness (QED) is 0.242. The second kappa shape index (κ2) is 16.4. The highest BCUT2D eigenvalue weighted by atomic mass is 16.9. The summed E-state index contributed by atoms with van der Waals surface area (Å²) in [6, 6.07) is 0. The second-order valence-corrected chi connectivity index (χ2v) is 7.40. The summed E-state index contributed by atoms with van der Waals surface area (Å²) in [6.45, 7) is 6.31. The molecule has 8 nitrogen and oxygen atoms in total. The molecule has 1 aliphatic heterocycles. The van der Waals surface area contributed by atoms with E-state index in [2.05, 4.69) is 5.32 Å². The van der Waals surface area contributed by atoms with E-state index in [4.69, 9.17) is 34.2 Å². The molecule has 0 bridgehead atoms. The molecule has 0 aromatic heterocycles. The van der Waals surface area contributed by atoms with E-state index < -0.39 is 11.6 Å². The van der Waals surface area contributed by atoms with Gasteiger partial charge in [0.15, 0.2) is 0 Å². The molecule has 0 radical (unpaired) electrons. The van der Waals surface area contributed by atoms with E-state index in [-0.39, 0.29) is 0 Å². The fourth-order valence-corrected chi connectivity index (χ4v) is 3.75. The van der Waals surface area contributed by atoms with Crippen molar-refractivity contribution >= 4 is 0 Å². The van der Waals surface area contributed by atoms with Gasteiger partial charge >= 0.3 is 5.97 Å². The van der Waals surface area contributed by atoms with Crippen LogP contribution in [0.25, 0.3) is 0 Å². The smallest absolute Gasteiger partial charge is 0.313 e. The zero-order valence-corrected chi connectivity index (χ0v) is 18.8. The van der Waals surface area contributed by atoms with Gasteiger partial charge in [-0.05, 0) is 71.0 Å². The minimum absolute atomic E-state index is 0.576. The predicted molar refractivity (Wildman–Crippen MR) is 113 cm³/mol. The fourth-order valence-electron chi connectivity index (χ4n) is 3.75. The third-order valence-electron chi connectivity index (χ3n) is 5.40. The lowest BCUT2D eigenvalue weighted by Crippen LogP contribution is -2.62. The van der Waals surface area contributed by atoms with Gasteiger partial charge in [0.05, 0.1) is 6.61 Å². The molecule has 1 aliphatic rings. The number of methoxy groups -OCH3 is 3. The van der Waals surface area contributed by atoms with Crippen LogP contribution >= 0.6 is 0 Å². The Morgan fingerprint density at radius 3 is 2.07 bits per heavy atom. The van der Waals surface area contributed by atoms with E-state index in [1.807, 2.05) is 0 Å². The van der Waals surface area contributed by atoms with Gasteiger partial charge in [0, 0.05) is 47.8 Å². The molecule has 0 amide bonds. The summed E-state index contributed by atoms with van der Waals surface area (Å²) in [5, 5.41) is 3.47. The van der Waals surface area contributed by atoms with E-state index >= 15 is 0 Å². The summed E-state index contributed by atoms with van der Waals surface area (Å²) >= 11 is 0. The van der Waals surface area contributed by atoms with Crippen molar-refractivity contribution in [2.75, 3.05) is 74.0 Å². The van der Waals surface area contributed by atoms with Crippen molar-refractivity contribution in [2.45, 2.75) is 62.9 Å². The molecule has 3 N–H and O–H groups in total. The number of hydrogen-bond donors (Lipinski definition) is 2. The lowest BCUT2D eigenvalue weighted by Gasteiger charge is -2.49. The molecule has 1 unspecified atom stereocenters. The molecule has 1 heterocycles. The lowest BCUT2D eigenvalue weighted by molar-refractivity contribution is -0.445. The highest BCUT2D eigenvalue weighted by Gasteiger charge is 2.56. The van der Waals surface area contributed by atoms with Gasteiger partial charge in [-0.3, -0.25) is 0 Å². The van der Waals surface area contributed by atoms with Crippen LogP contribution in [0.5, 0.6) is 0 Å². The zero-order valence-electron chi connectivity index (χ0n) is 18.8. The van der Waals surface area contributed by atoms with Crippen LogP contribution in [0.2, 0.25) is 0 Å². The van der Waals surface area contributed by atoms with Gasteiger partial charge in [-0.1, -0.05) is 0 Å². The van der Waals surface area contributed by atoms with Crippen molar-refractivity contribution in [3.8, 4) is 0 Å². The van der Waals surface area contributed by atoms with Crippen molar-refractivity contribution in [2.24, 2.45) is 5.73 Å². The molecule has 1 saturated heterocycles. The molecular formula is C21H44N2O6. The van der Waals surface area contributed by atoms with E-state index in [1.165, 1.54) is 0 Å². The number of ether oxygens (including phenoxy) is 6. The number of hydrogen-bond acceptors (Lipinski definition) is 8. The number of unbranched alkanes of at least 4 members (excludes halogenated alkanes) is 1. The summed E-state index contributed by atoms with van der Waals surface area (Å²) in [4.78, 5) is 0. The predicted octanol–water partition coefficient (Wildman–Crippen LogP) is 2.05. The minimum Gasteiger partial charge on any atom is -0.381 e. The minimum atomic E-state index is -1.12. The van der Waals surface area contributed by atoms with Crippen molar-refractivity contribution < 1.29 is 28.4 Å². The van der Waals surface area contributed by atoms with Crippen LogP contribution in [0.4, 0.5) is 0 Å². The molecule has 1 fully saturated rings. The highest BCUT2D eigenvalue weighted by Crippen LogP contribution is 2.42. The Labute approximate surface area is 177 Å². The zero-order chi connectivity index (χ0) is 21.3. The number of nitrogens with one attached hydrogen (secondary N) is 1. The molecule has 0 spiro atoms. The van der Waals surface area contributed by atoms with Gasteiger partial charge in [-0.25, -0.2) is 0 Å². The molecule has 174 valence electrons. The maximum Gasteiger partial charge on any atom is 0.313 e. The van der Waals surface area contributed by atoms with Crippen LogP contribution in [-0.2, 0) is 28.4 Å².